The van der Waals surface area contributed by atoms with Crippen molar-refractivity contribution in [2.24, 2.45) is 0 Å². The maximum Gasteiger partial charge on any atom is 0.209 e. The second-order valence-corrected chi connectivity index (χ2v) is 7.83. The minimum absolute atomic E-state index is 0.0190. The fourth-order valence-electron chi connectivity index (χ4n) is 3.31. The highest BCUT2D eigenvalue weighted by molar-refractivity contribution is 7.88. The SMILES string of the molecule is Cc1nc2c(c(N3CCC(NS(C)(=O)=O)C3)n1)CCCC2. The van der Waals surface area contributed by atoms with E-state index < -0.39 is 10.0 Å². The molecule has 1 fully saturated rings. The molecule has 0 radical (unpaired) electrons. The number of rotatable bonds is 3. The van der Waals surface area contributed by atoms with Crippen LogP contribution in [-0.2, 0) is 22.9 Å². The van der Waals surface area contributed by atoms with E-state index in [2.05, 4.69) is 19.6 Å². The van der Waals surface area contributed by atoms with Gasteiger partial charge in [0.15, 0.2) is 0 Å². The van der Waals surface area contributed by atoms with Crippen molar-refractivity contribution in [3.8, 4) is 0 Å². The Morgan fingerprint density at radius 2 is 2.00 bits per heavy atom. The Morgan fingerprint density at radius 1 is 1.24 bits per heavy atom. The van der Waals surface area contributed by atoms with Crippen LogP contribution in [0.1, 0.15) is 36.3 Å². The molecule has 116 valence electrons. The van der Waals surface area contributed by atoms with Gasteiger partial charge in [-0.15, -0.1) is 0 Å². The number of nitrogens with zero attached hydrogens (tertiary/aromatic N) is 3. The van der Waals surface area contributed by atoms with Gasteiger partial charge in [0, 0.05) is 30.4 Å². The van der Waals surface area contributed by atoms with Crippen LogP contribution in [-0.4, -0.2) is 43.8 Å². The van der Waals surface area contributed by atoms with Crippen LogP contribution in [0.2, 0.25) is 0 Å². The molecule has 0 aromatic carbocycles. The van der Waals surface area contributed by atoms with E-state index in [0.29, 0.717) is 6.54 Å². The van der Waals surface area contributed by atoms with Gasteiger partial charge >= 0.3 is 0 Å². The van der Waals surface area contributed by atoms with Crippen molar-refractivity contribution >= 4 is 15.8 Å². The molecule has 7 heteroatoms. The second-order valence-electron chi connectivity index (χ2n) is 6.05. The molecule has 1 aromatic rings. The van der Waals surface area contributed by atoms with Gasteiger partial charge in [-0.2, -0.15) is 0 Å². The molecule has 1 aliphatic heterocycles. The van der Waals surface area contributed by atoms with E-state index in [9.17, 15) is 8.42 Å². The molecule has 1 unspecified atom stereocenters. The Balaban J connectivity index is 1.83. The van der Waals surface area contributed by atoms with Crippen molar-refractivity contribution in [3.05, 3.63) is 17.1 Å². The summed E-state index contributed by atoms with van der Waals surface area (Å²) in [6, 6.07) is -0.0190. The number of aromatic nitrogens is 2. The van der Waals surface area contributed by atoms with Crippen LogP contribution in [0.4, 0.5) is 5.82 Å². The van der Waals surface area contributed by atoms with Gasteiger partial charge in [0.25, 0.3) is 0 Å². The van der Waals surface area contributed by atoms with E-state index in [1.165, 1.54) is 30.4 Å². The van der Waals surface area contributed by atoms with Crippen LogP contribution in [0.25, 0.3) is 0 Å². The van der Waals surface area contributed by atoms with Gasteiger partial charge in [-0.05, 0) is 39.0 Å². The van der Waals surface area contributed by atoms with Crippen molar-refractivity contribution in [1.82, 2.24) is 14.7 Å². The van der Waals surface area contributed by atoms with Crippen LogP contribution < -0.4 is 9.62 Å². The van der Waals surface area contributed by atoms with Gasteiger partial charge in [-0.3, -0.25) is 0 Å². The second kappa shape index (κ2) is 5.53. The number of hydrogen-bond donors (Lipinski definition) is 1. The molecule has 1 atom stereocenters. The maximum absolute atomic E-state index is 11.4. The predicted octanol–water partition coefficient (Wildman–Crippen LogP) is 0.792. The molecule has 0 bridgehead atoms. The van der Waals surface area contributed by atoms with Gasteiger partial charge in [-0.25, -0.2) is 23.1 Å². The largest absolute Gasteiger partial charge is 0.355 e. The fraction of sp³-hybridized carbons (Fsp3) is 0.714. The molecule has 1 N–H and O–H groups in total. The fourth-order valence-corrected chi connectivity index (χ4v) is 4.11. The van der Waals surface area contributed by atoms with Crippen molar-refractivity contribution in [3.63, 3.8) is 0 Å². The average molecular weight is 310 g/mol. The third kappa shape index (κ3) is 3.35. The lowest BCUT2D eigenvalue weighted by atomic mass is 9.96. The third-order valence-corrected chi connectivity index (χ3v) is 4.90. The predicted molar refractivity (Wildman–Crippen MR) is 82.0 cm³/mol. The standard InChI is InChI=1S/C14H22N4O2S/c1-10-15-13-6-4-3-5-12(13)14(16-10)18-8-7-11(9-18)17-21(2,19)20/h11,17H,3-9H2,1-2H3. The summed E-state index contributed by atoms with van der Waals surface area (Å²) in [7, 11) is -3.15. The number of anilines is 1. The monoisotopic (exact) mass is 310 g/mol. The number of hydrogen-bond acceptors (Lipinski definition) is 5. The Labute approximate surface area is 126 Å². The lowest BCUT2D eigenvalue weighted by Crippen LogP contribution is -2.36. The molecule has 0 amide bonds. The molecule has 0 spiro atoms. The van der Waals surface area contributed by atoms with Crippen LogP contribution in [0, 0.1) is 6.92 Å². The van der Waals surface area contributed by atoms with Crippen LogP contribution in [0.5, 0.6) is 0 Å². The summed E-state index contributed by atoms with van der Waals surface area (Å²) in [6.45, 7) is 3.47. The van der Waals surface area contributed by atoms with Gasteiger partial charge < -0.3 is 4.90 Å². The summed E-state index contributed by atoms with van der Waals surface area (Å²) in [4.78, 5) is 11.4. The van der Waals surface area contributed by atoms with E-state index in [1.807, 2.05) is 6.92 Å². The van der Waals surface area contributed by atoms with Gasteiger partial charge in [-0.1, -0.05) is 0 Å². The Morgan fingerprint density at radius 3 is 2.76 bits per heavy atom. The summed E-state index contributed by atoms with van der Waals surface area (Å²) >= 11 is 0. The van der Waals surface area contributed by atoms with Crippen molar-refractivity contribution < 1.29 is 8.42 Å². The highest BCUT2D eigenvalue weighted by Gasteiger charge is 2.29. The normalized spacial score (nSPS) is 22.4. The summed E-state index contributed by atoms with van der Waals surface area (Å²) in [5, 5.41) is 0. The first kappa shape index (κ1) is 14.7. The maximum atomic E-state index is 11.4. The van der Waals surface area contributed by atoms with Gasteiger partial charge in [0.05, 0.1) is 6.26 Å². The minimum atomic E-state index is -3.15. The Kier molecular flexibility index (Phi) is 3.88. The first-order chi connectivity index (χ1) is 9.92. The van der Waals surface area contributed by atoms with Crippen molar-refractivity contribution in [2.75, 3.05) is 24.2 Å². The third-order valence-electron chi connectivity index (χ3n) is 4.14. The summed E-state index contributed by atoms with van der Waals surface area (Å²) < 4.78 is 25.4. The lowest BCUT2D eigenvalue weighted by molar-refractivity contribution is 0.567. The molecule has 1 aromatic heterocycles. The molecule has 1 aliphatic carbocycles. The quantitative estimate of drug-likeness (QED) is 0.893. The molecule has 0 saturated carbocycles. The molecule has 6 nitrogen and oxygen atoms in total. The topological polar surface area (TPSA) is 75.2 Å². The molecular formula is C14H22N4O2S. The zero-order valence-corrected chi connectivity index (χ0v) is 13.4. The molecule has 1 saturated heterocycles. The number of aryl methyl sites for hydroxylation is 2. The molecule has 3 rings (SSSR count). The molecule has 2 aliphatic rings. The summed E-state index contributed by atoms with van der Waals surface area (Å²) in [5.41, 5.74) is 2.45. The highest BCUT2D eigenvalue weighted by Crippen LogP contribution is 2.30. The highest BCUT2D eigenvalue weighted by atomic mass is 32.2. The molecular weight excluding hydrogens is 288 g/mol. The van der Waals surface area contributed by atoms with E-state index in [-0.39, 0.29) is 6.04 Å². The average Bonchev–Trinajstić information content (AvgIpc) is 2.83. The lowest BCUT2D eigenvalue weighted by Gasteiger charge is -2.25. The number of nitrogens with one attached hydrogen (secondary N) is 1. The van der Waals surface area contributed by atoms with Crippen LogP contribution in [0.3, 0.4) is 0 Å². The number of sulfonamides is 1. The minimum Gasteiger partial charge on any atom is -0.355 e. The van der Waals surface area contributed by atoms with Crippen molar-refractivity contribution in [2.45, 2.75) is 45.1 Å². The van der Waals surface area contributed by atoms with Crippen molar-refractivity contribution in [1.29, 1.82) is 0 Å². The molecule has 21 heavy (non-hydrogen) atoms. The van der Waals surface area contributed by atoms with Crippen LogP contribution >= 0.6 is 0 Å². The first-order valence-electron chi connectivity index (χ1n) is 7.51. The zero-order valence-electron chi connectivity index (χ0n) is 12.6. The van der Waals surface area contributed by atoms with E-state index in [4.69, 9.17) is 0 Å². The summed E-state index contributed by atoms with van der Waals surface area (Å²) in [6.07, 6.45) is 6.49. The van der Waals surface area contributed by atoms with Crippen LogP contribution in [0.15, 0.2) is 0 Å². The van der Waals surface area contributed by atoms with Gasteiger partial charge in [0.1, 0.15) is 11.6 Å². The van der Waals surface area contributed by atoms with E-state index >= 15 is 0 Å². The zero-order chi connectivity index (χ0) is 15.0. The van der Waals surface area contributed by atoms with E-state index in [1.54, 1.807) is 0 Å². The van der Waals surface area contributed by atoms with Gasteiger partial charge in [0.2, 0.25) is 10.0 Å². The van der Waals surface area contributed by atoms with E-state index in [0.717, 1.165) is 37.4 Å². The Bertz CT molecular complexity index is 645. The smallest absolute Gasteiger partial charge is 0.209 e. The Hall–Kier alpha value is -1.21. The summed E-state index contributed by atoms with van der Waals surface area (Å²) in [5.74, 6) is 1.83. The molecule has 2 heterocycles. The number of fused-ring (bicyclic) bond motifs is 1. The first-order valence-corrected chi connectivity index (χ1v) is 9.40.